The van der Waals surface area contributed by atoms with Crippen molar-refractivity contribution in [1.29, 1.82) is 0 Å². The Hall–Kier alpha value is -4.81. The van der Waals surface area contributed by atoms with Gasteiger partial charge in [-0.25, -0.2) is 4.79 Å². The van der Waals surface area contributed by atoms with E-state index < -0.39 is 24.2 Å². The molecular weight excluding hydrogens is 678 g/mol. The molecule has 1 fully saturated rings. The number of para-hydroxylation sites is 1. The minimum Gasteiger partial charge on any atom is -0.496 e. The summed E-state index contributed by atoms with van der Waals surface area (Å²) in [6, 6.07) is 30.6. The molecule has 5 rings (SSSR count). The lowest BCUT2D eigenvalue weighted by Crippen LogP contribution is -2.53. The predicted octanol–water partition coefficient (Wildman–Crippen LogP) is 6.79. The molecule has 4 aromatic carbocycles. The van der Waals surface area contributed by atoms with Crippen molar-refractivity contribution in [1.82, 2.24) is 4.90 Å². The van der Waals surface area contributed by atoms with E-state index in [0.717, 1.165) is 40.8 Å². The molecule has 11 heteroatoms. The second-order valence-corrected chi connectivity index (χ2v) is 12.7. The Labute approximate surface area is 312 Å². The highest BCUT2D eigenvalue weighted by atomic mass is 16.6. The molecule has 11 nitrogen and oxygen atoms in total. The maximum absolute atomic E-state index is 13.2. The lowest BCUT2D eigenvalue weighted by molar-refractivity contribution is -0.0692. The summed E-state index contributed by atoms with van der Waals surface area (Å²) >= 11 is 0. The van der Waals surface area contributed by atoms with Crippen LogP contribution >= 0.6 is 0 Å². The fourth-order valence-electron chi connectivity index (χ4n) is 6.20. The number of aliphatic hydroxyl groups excluding tert-OH is 1. The van der Waals surface area contributed by atoms with Gasteiger partial charge in [0, 0.05) is 38.0 Å². The zero-order chi connectivity index (χ0) is 37.3. The van der Waals surface area contributed by atoms with Crippen molar-refractivity contribution in [2.24, 2.45) is 0 Å². The van der Waals surface area contributed by atoms with Gasteiger partial charge in [0.05, 0.1) is 72.6 Å². The number of β-amino-alcohol motifs (C(OH)–C–C–N with tert-alkyl or cyclic N) is 1. The number of methoxy groups -OCH3 is 3. The molecule has 0 bridgehead atoms. The van der Waals surface area contributed by atoms with E-state index in [1.165, 1.54) is 4.90 Å². The molecule has 0 aliphatic carbocycles. The van der Waals surface area contributed by atoms with Gasteiger partial charge in [-0.1, -0.05) is 66.7 Å². The molecule has 1 heterocycles. The lowest BCUT2D eigenvalue weighted by atomic mass is 9.84. The van der Waals surface area contributed by atoms with Crippen LogP contribution in [0, 0.1) is 0 Å². The minimum absolute atomic E-state index is 0.104. The van der Waals surface area contributed by atoms with Gasteiger partial charge in [0.1, 0.15) is 18.1 Å². The summed E-state index contributed by atoms with van der Waals surface area (Å²) in [4.78, 5) is 14.7. The lowest BCUT2D eigenvalue weighted by Gasteiger charge is -2.41. The second-order valence-electron chi connectivity index (χ2n) is 12.7. The SMILES string of the molecule is COCCCOc1cc(CO[C@H]2CN(C(=O)OCc3ccccc3)C[C@@H](O)[C@@H]2c2ccc(OCCCOCc3ccccc3OC)cc2)ccc1OC. The van der Waals surface area contributed by atoms with Crippen molar-refractivity contribution in [2.75, 3.05) is 60.8 Å². The van der Waals surface area contributed by atoms with Gasteiger partial charge >= 0.3 is 6.09 Å². The fraction of sp³-hybridized carbons (Fsp3) is 0.405. The summed E-state index contributed by atoms with van der Waals surface area (Å²) in [5.41, 5.74) is 3.62. The number of hydrogen-bond donors (Lipinski definition) is 1. The van der Waals surface area contributed by atoms with Crippen LogP contribution in [0.5, 0.6) is 23.0 Å². The maximum atomic E-state index is 13.2. The third-order valence-electron chi connectivity index (χ3n) is 8.95. The number of benzene rings is 4. The first-order valence-electron chi connectivity index (χ1n) is 18.0. The molecule has 1 aliphatic heterocycles. The van der Waals surface area contributed by atoms with E-state index in [0.29, 0.717) is 50.3 Å². The highest BCUT2D eigenvalue weighted by Gasteiger charge is 2.40. The summed E-state index contributed by atoms with van der Waals surface area (Å²) in [5.74, 6) is 2.34. The Morgan fingerprint density at radius 1 is 0.698 bits per heavy atom. The molecule has 1 N–H and O–H groups in total. The molecule has 1 saturated heterocycles. The van der Waals surface area contributed by atoms with Gasteiger partial charge in [-0.2, -0.15) is 0 Å². The number of nitrogens with zero attached hydrogens (tertiary/aromatic N) is 1. The van der Waals surface area contributed by atoms with E-state index >= 15 is 0 Å². The van der Waals surface area contributed by atoms with Crippen molar-refractivity contribution in [3.05, 3.63) is 119 Å². The molecule has 53 heavy (non-hydrogen) atoms. The molecule has 4 aromatic rings. The predicted molar refractivity (Wildman–Crippen MR) is 200 cm³/mol. The summed E-state index contributed by atoms with van der Waals surface area (Å²) < 4.78 is 46.0. The van der Waals surface area contributed by atoms with Gasteiger partial charge in [-0.15, -0.1) is 0 Å². The highest BCUT2D eigenvalue weighted by molar-refractivity contribution is 5.68. The van der Waals surface area contributed by atoms with Crippen molar-refractivity contribution < 1.29 is 47.8 Å². The minimum atomic E-state index is -0.902. The molecular formula is C42H51NO10. The smallest absolute Gasteiger partial charge is 0.410 e. The van der Waals surface area contributed by atoms with Crippen molar-refractivity contribution in [3.63, 3.8) is 0 Å². The Kier molecular flexibility index (Phi) is 15.6. The number of carbonyl (C=O) groups excluding carboxylic acids is 1. The van der Waals surface area contributed by atoms with Crippen LogP contribution in [0.15, 0.2) is 97.1 Å². The highest BCUT2D eigenvalue weighted by Crippen LogP contribution is 2.34. The van der Waals surface area contributed by atoms with Crippen molar-refractivity contribution in [2.45, 2.75) is 50.8 Å². The van der Waals surface area contributed by atoms with Crippen LogP contribution in [0.4, 0.5) is 4.79 Å². The van der Waals surface area contributed by atoms with Crippen LogP contribution in [0.1, 0.15) is 41.0 Å². The number of aliphatic hydroxyl groups is 1. The third-order valence-corrected chi connectivity index (χ3v) is 8.95. The van der Waals surface area contributed by atoms with Crippen molar-refractivity contribution in [3.8, 4) is 23.0 Å². The Morgan fingerprint density at radius 3 is 2.21 bits per heavy atom. The van der Waals surface area contributed by atoms with E-state index in [9.17, 15) is 9.90 Å². The zero-order valence-electron chi connectivity index (χ0n) is 30.8. The number of rotatable bonds is 20. The number of piperidine rings is 1. The van der Waals surface area contributed by atoms with Crippen molar-refractivity contribution >= 4 is 6.09 Å². The number of carbonyl (C=O) groups is 1. The van der Waals surface area contributed by atoms with Crippen LogP contribution < -0.4 is 18.9 Å². The average Bonchev–Trinajstić information content (AvgIpc) is 3.19. The molecule has 0 saturated carbocycles. The molecule has 3 atom stereocenters. The molecule has 284 valence electrons. The van der Waals surface area contributed by atoms with Gasteiger partial charge < -0.3 is 47.9 Å². The second kappa shape index (κ2) is 21.0. The molecule has 0 unspecified atom stereocenters. The van der Waals surface area contributed by atoms with E-state index in [4.69, 9.17) is 37.9 Å². The fourth-order valence-corrected chi connectivity index (χ4v) is 6.20. The quantitative estimate of drug-likeness (QED) is 0.0977. The Morgan fingerprint density at radius 2 is 1.43 bits per heavy atom. The number of ether oxygens (including phenoxy) is 8. The van der Waals surface area contributed by atoms with Crippen LogP contribution in [0.3, 0.4) is 0 Å². The van der Waals surface area contributed by atoms with Gasteiger partial charge in [-0.05, 0) is 47.0 Å². The van der Waals surface area contributed by atoms with Gasteiger partial charge in [-0.3, -0.25) is 0 Å². The Balaban J connectivity index is 1.21. The third kappa shape index (κ3) is 11.8. The van der Waals surface area contributed by atoms with Crippen LogP contribution in [0.2, 0.25) is 0 Å². The first-order valence-corrected chi connectivity index (χ1v) is 18.0. The van der Waals surface area contributed by atoms with E-state index in [1.54, 1.807) is 21.3 Å². The largest absolute Gasteiger partial charge is 0.496 e. The summed E-state index contributed by atoms with van der Waals surface area (Å²) in [7, 11) is 4.91. The number of hydrogen-bond acceptors (Lipinski definition) is 10. The number of likely N-dealkylation sites (tertiary alicyclic amines) is 1. The maximum Gasteiger partial charge on any atom is 0.410 e. The van der Waals surface area contributed by atoms with E-state index in [-0.39, 0.29) is 26.3 Å². The van der Waals surface area contributed by atoms with Crippen LogP contribution in [-0.4, -0.2) is 89.2 Å². The van der Waals surface area contributed by atoms with Gasteiger partial charge in [0.25, 0.3) is 0 Å². The summed E-state index contributed by atoms with van der Waals surface area (Å²) in [6.07, 6.45) is -0.493. The van der Waals surface area contributed by atoms with Gasteiger partial charge in [0.15, 0.2) is 11.5 Å². The summed E-state index contributed by atoms with van der Waals surface area (Å²) in [5, 5.41) is 11.5. The first-order chi connectivity index (χ1) is 26.0. The molecule has 0 spiro atoms. The standard InChI is InChI=1S/C42H51NO10/c1-46-21-9-24-51-39-25-32(15-20-38(39)48-3)29-52-40-27-43(42(45)53-28-31-11-5-4-6-12-31)26-36(44)41(40)33-16-18-35(19-17-33)50-23-10-22-49-30-34-13-7-8-14-37(34)47-2/h4-8,11-20,25,36,40-41,44H,9-10,21-24,26-30H2,1-3H3/t36-,40+,41+/m1/s1. The molecule has 1 aliphatic rings. The average molecular weight is 730 g/mol. The zero-order valence-corrected chi connectivity index (χ0v) is 30.8. The summed E-state index contributed by atoms with van der Waals surface area (Å²) in [6.45, 7) is 3.26. The normalized spacial score (nSPS) is 16.9. The van der Waals surface area contributed by atoms with Gasteiger partial charge in [0.2, 0.25) is 0 Å². The topological polar surface area (TPSA) is 114 Å². The van der Waals surface area contributed by atoms with Crippen LogP contribution in [0.25, 0.3) is 0 Å². The van der Waals surface area contributed by atoms with Crippen LogP contribution in [-0.2, 0) is 38.8 Å². The van der Waals surface area contributed by atoms with E-state index in [1.807, 2.05) is 97.1 Å². The number of amides is 1. The molecule has 0 aromatic heterocycles. The molecule has 1 amide bonds. The Bertz CT molecular complexity index is 1670. The van der Waals surface area contributed by atoms with E-state index in [2.05, 4.69) is 0 Å². The first kappa shape index (κ1) is 39.4. The monoisotopic (exact) mass is 729 g/mol. The molecule has 0 radical (unpaired) electrons.